The Hall–Kier alpha value is -4.46. The van der Waals surface area contributed by atoms with Crippen LogP contribution in [0.15, 0.2) is 72.6 Å². The van der Waals surface area contributed by atoms with Crippen molar-refractivity contribution in [2.75, 3.05) is 4.90 Å². The van der Waals surface area contributed by atoms with Gasteiger partial charge in [0, 0.05) is 23.6 Å². The number of pyridine rings is 1. The largest absolute Gasteiger partial charge is 0.507 e. The minimum Gasteiger partial charge on any atom is -0.507 e. The first-order chi connectivity index (χ1) is 18.1. The van der Waals surface area contributed by atoms with E-state index in [-0.39, 0.29) is 23.5 Å². The maximum Gasteiger partial charge on any atom is 0.338 e. The number of hydrogen-bond acceptors (Lipinski definition) is 7. The van der Waals surface area contributed by atoms with Crippen molar-refractivity contribution < 1.29 is 29.0 Å². The molecule has 0 spiro atoms. The third-order valence-corrected chi connectivity index (χ3v) is 5.98. The number of ether oxygens (including phenoxy) is 2. The van der Waals surface area contributed by atoms with Crippen LogP contribution < -0.4 is 9.64 Å². The van der Waals surface area contributed by atoms with Gasteiger partial charge in [-0.15, -0.1) is 0 Å². The molecule has 1 aromatic heterocycles. The van der Waals surface area contributed by atoms with Crippen LogP contribution in [-0.2, 0) is 14.3 Å². The third kappa shape index (κ3) is 5.29. The smallest absolute Gasteiger partial charge is 0.338 e. The van der Waals surface area contributed by atoms with E-state index in [9.17, 15) is 19.5 Å². The summed E-state index contributed by atoms with van der Waals surface area (Å²) in [5.41, 5.74) is 2.36. The molecule has 0 saturated carbocycles. The zero-order chi connectivity index (χ0) is 27.6. The monoisotopic (exact) mass is 514 g/mol. The second-order valence-electron chi connectivity index (χ2n) is 9.60. The highest BCUT2D eigenvalue weighted by Gasteiger charge is 2.47. The molecule has 2 heterocycles. The number of ketones is 1. The molecule has 8 nitrogen and oxygen atoms in total. The molecule has 0 radical (unpaired) electrons. The van der Waals surface area contributed by atoms with E-state index in [0.29, 0.717) is 28.1 Å². The predicted octanol–water partition coefficient (Wildman–Crippen LogP) is 5.37. The van der Waals surface area contributed by atoms with Crippen LogP contribution in [0, 0.1) is 6.92 Å². The lowest BCUT2D eigenvalue weighted by Crippen LogP contribution is -2.29. The number of anilines is 1. The zero-order valence-corrected chi connectivity index (χ0v) is 22.0. The number of carbonyl (C=O) groups excluding carboxylic acids is 3. The van der Waals surface area contributed by atoms with Gasteiger partial charge < -0.3 is 14.6 Å². The van der Waals surface area contributed by atoms with E-state index < -0.39 is 23.7 Å². The number of Topliss-reactive ketones (excluding diaryl/α,β-unsaturated/α-hetero) is 1. The molecule has 1 fully saturated rings. The van der Waals surface area contributed by atoms with E-state index in [0.717, 1.165) is 5.56 Å². The fourth-order valence-corrected chi connectivity index (χ4v) is 4.33. The van der Waals surface area contributed by atoms with Crippen LogP contribution in [0.4, 0.5) is 5.69 Å². The van der Waals surface area contributed by atoms with Gasteiger partial charge in [-0.05, 0) is 94.3 Å². The van der Waals surface area contributed by atoms with E-state index in [2.05, 4.69) is 4.98 Å². The van der Waals surface area contributed by atoms with Crippen LogP contribution in [0.25, 0.3) is 5.76 Å². The van der Waals surface area contributed by atoms with E-state index in [4.69, 9.17) is 9.47 Å². The number of aryl methyl sites for hydroxylation is 1. The molecule has 2 aromatic carbocycles. The maximum atomic E-state index is 13.4. The molecule has 4 rings (SSSR count). The number of aliphatic hydroxyl groups excluding tert-OH is 1. The van der Waals surface area contributed by atoms with Crippen molar-refractivity contribution in [1.29, 1.82) is 0 Å². The highest BCUT2D eigenvalue weighted by Crippen LogP contribution is 2.42. The second kappa shape index (κ2) is 10.9. The first kappa shape index (κ1) is 26.6. The molecule has 0 bridgehead atoms. The normalized spacial score (nSPS) is 16.8. The molecule has 1 aliphatic rings. The highest BCUT2D eigenvalue weighted by atomic mass is 16.5. The Kier molecular flexibility index (Phi) is 7.62. The van der Waals surface area contributed by atoms with Gasteiger partial charge in [0.2, 0.25) is 0 Å². The predicted molar refractivity (Wildman–Crippen MR) is 143 cm³/mol. The van der Waals surface area contributed by atoms with Gasteiger partial charge in [-0.25, -0.2) is 4.79 Å². The molecule has 1 saturated heterocycles. The SMILES string of the molecule is Cc1cc(/C(O)=C2/C(=O)C(=O)N(c3ccc(C(=O)OC(C)C)cc3)C2c2cccnc2)ccc1OC(C)C. The van der Waals surface area contributed by atoms with E-state index in [1.54, 1.807) is 68.7 Å². The van der Waals surface area contributed by atoms with Crippen LogP contribution >= 0.6 is 0 Å². The minimum absolute atomic E-state index is 0.0253. The summed E-state index contributed by atoms with van der Waals surface area (Å²) in [7, 11) is 0. The number of esters is 1. The molecule has 8 heteroatoms. The fraction of sp³-hybridized carbons (Fsp3) is 0.267. The van der Waals surface area contributed by atoms with Crippen molar-refractivity contribution in [2.24, 2.45) is 0 Å². The molecule has 1 aliphatic heterocycles. The number of nitrogens with zero attached hydrogens (tertiary/aromatic N) is 2. The molecular formula is C30H30N2O6. The molecule has 1 unspecified atom stereocenters. The molecule has 3 aromatic rings. The Labute approximate surface area is 221 Å². The topological polar surface area (TPSA) is 106 Å². The van der Waals surface area contributed by atoms with Crippen LogP contribution in [-0.4, -0.2) is 40.0 Å². The Balaban J connectivity index is 1.80. The molecule has 196 valence electrons. The van der Waals surface area contributed by atoms with Crippen molar-refractivity contribution in [3.05, 3.63) is 94.8 Å². The Morgan fingerprint density at radius 1 is 0.974 bits per heavy atom. The molecule has 1 atom stereocenters. The van der Waals surface area contributed by atoms with Gasteiger partial charge in [0.1, 0.15) is 11.5 Å². The maximum absolute atomic E-state index is 13.4. The number of carbonyl (C=O) groups is 3. The van der Waals surface area contributed by atoms with E-state index >= 15 is 0 Å². The van der Waals surface area contributed by atoms with Gasteiger partial charge >= 0.3 is 5.97 Å². The summed E-state index contributed by atoms with van der Waals surface area (Å²) < 4.78 is 11.0. The van der Waals surface area contributed by atoms with Crippen molar-refractivity contribution in [3.8, 4) is 5.75 Å². The van der Waals surface area contributed by atoms with Crippen LogP contribution in [0.1, 0.15) is 60.8 Å². The summed E-state index contributed by atoms with van der Waals surface area (Å²) in [5.74, 6) is -1.74. The summed E-state index contributed by atoms with van der Waals surface area (Å²) in [6.45, 7) is 9.19. The average Bonchev–Trinajstić information content (AvgIpc) is 3.15. The molecule has 38 heavy (non-hydrogen) atoms. The zero-order valence-electron chi connectivity index (χ0n) is 22.0. The van der Waals surface area contributed by atoms with Gasteiger partial charge in [0.25, 0.3) is 11.7 Å². The van der Waals surface area contributed by atoms with Crippen molar-refractivity contribution in [2.45, 2.75) is 52.9 Å². The fourth-order valence-electron chi connectivity index (χ4n) is 4.33. The van der Waals surface area contributed by atoms with Crippen molar-refractivity contribution >= 4 is 29.1 Å². The van der Waals surface area contributed by atoms with Crippen molar-refractivity contribution in [3.63, 3.8) is 0 Å². The molecule has 1 amide bonds. The lowest BCUT2D eigenvalue weighted by Gasteiger charge is -2.25. The lowest BCUT2D eigenvalue weighted by molar-refractivity contribution is -0.132. The average molecular weight is 515 g/mol. The van der Waals surface area contributed by atoms with E-state index in [1.165, 1.54) is 17.0 Å². The van der Waals surface area contributed by atoms with Gasteiger partial charge in [-0.3, -0.25) is 19.5 Å². The number of rotatable bonds is 7. The van der Waals surface area contributed by atoms with Crippen LogP contribution in [0.2, 0.25) is 0 Å². The first-order valence-electron chi connectivity index (χ1n) is 12.4. The van der Waals surface area contributed by atoms with Crippen molar-refractivity contribution in [1.82, 2.24) is 4.98 Å². The molecule has 1 N–H and O–H groups in total. The lowest BCUT2D eigenvalue weighted by atomic mass is 9.95. The third-order valence-electron chi connectivity index (χ3n) is 5.98. The number of aromatic nitrogens is 1. The number of hydrogen-bond donors (Lipinski definition) is 1. The van der Waals surface area contributed by atoms with Gasteiger partial charge in [-0.1, -0.05) is 6.07 Å². The quantitative estimate of drug-likeness (QED) is 0.196. The van der Waals surface area contributed by atoms with Gasteiger partial charge in [0.05, 0.1) is 29.4 Å². The van der Waals surface area contributed by atoms with Crippen LogP contribution in [0.5, 0.6) is 5.75 Å². The Morgan fingerprint density at radius 3 is 2.24 bits per heavy atom. The molecular weight excluding hydrogens is 484 g/mol. The van der Waals surface area contributed by atoms with E-state index in [1.807, 2.05) is 20.8 Å². The minimum atomic E-state index is -0.927. The number of aliphatic hydroxyl groups is 1. The van der Waals surface area contributed by atoms with Gasteiger partial charge in [-0.2, -0.15) is 0 Å². The first-order valence-corrected chi connectivity index (χ1v) is 12.4. The number of benzene rings is 2. The summed E-state index contributed by atoms with van der Waals surface area (Å²) in [6.07, 6.45) is 2.83. The standard InChI is InChI=1S/C30H30N2O6/c1-17(2)37-24-13-10-21(15-19(24)5)27(33)25-26(22-7-6-14-31-16-22)32(29(35)28(25)34)23-11-8-20(9-12-23)30(36)38-18(3)4/h6-18,26,33H,1-5H3/b27-25-. The summed E-state index contributed by atoms with van der Waals surface area (Å²) in [6, 6.07) is 13.8. The van der Waals surface area contributed by atoms with Gasteiger partial charge in [0.15, 0.2) is 0 Å². The number of amides is 1. The Morgan fingerprint density at radius 2 is 1.66 bits per heavy atom. The Bertz CT molecular complexity index is 1390. The highest BCUT2D eigenvalue weighted by molar-refractivity contribution is 6.51. The summed E-state index contributed by atoms with van der Waals surface area (Å²) in [4.78, 5) is 44.5. The molecule has 0 aliphatic carbocycles. The second-order valence-corrected chi connectivity index (χ2v) is 9.60. The summed E-state index contributed by atoms with van der Waals surface area (Å²) in [5, 5.41) is 11.4. The van der Waals surface area contributed by atoms with Crippen LogP contribution in [0.3, 0.4) is 0 Å². The summed E-state index contributed by atoms with van der Waals surface area (Å²) >= 11 is 0.